The van der Waals surface area contributed by atoms with Gasteiger partial charge in [0.1, 0.15) is 0 Å². The fraction of sp³-hybridized carbons (Fsp3) is 0.294. The van der Waals surface area contributed by atoms with Crippen LogP contribution >= 0.6 is 11.6 Å². The van der Waals surface area contributed by atoms with Crippen LogP contribution in [0.3, 0.4) is 0 Å². The molecule has 0 saturated carbocycles. The summed E-state index contributed by atoms with van der Waals surface area (Å²) in [7, 11) is 0. The summed E-state index contributed by atoms with van der Waals surface area (Å²) in [5.41, 5.74) is 4.96. The van der Waals surface area contributed by atoms with Crippen LogP contribution in [0.5, 0.6) is 0 Å². The highest BCUT2D eigenvalue weighted by Crippen LogP contribution is 2.18. The number of anilines is 1. The third-order valence-corrected chi connectivity index (χ3v) is 3.73. The van der Waals surface area contributed by atoms with Crippen molar-refractivity contribution in [1.82, 2.24) is 5.32 Å². The first-order chi connectivity index (χ1) is 9.68. The maximum atomic E-state index is 6.12. The molecule has 0 unspecified atom stereocenters. The van der Waals surface area contributed by atoms with Gasteiger partial charge in [-0.2, -0.15) is 0 Å². The van der Waals surface area contributed by atoms with Gasteiger partial charge in [0.15, 0.2) is 0 Å². The Morgan fingerprint density at radius 2 is 1.60 bits per heavy atom. The predicted molar refractivity (Wildman–Crippen MR) is 87.6 cm³/mol. The zero-order chi connectivity index (χ0) is 14.4. The van der Waals surface area contributed by atoms with E-state index >= 15 is 0 Å². The van der Waals surface area contributed by atoms with Gasteiger partial charge in [-0.3, -0.25) is 0 Å². The van der Waals surface area contributed by atoms with E-state index in [0.717, 1.165) is 30.2 Å². The van der Waals surface area contributed by atoms with E-state index in [-0.39, 0.29) is 0 Å². The highest BCUT2D eigenvalue weighted by Gasteiger charge is 2.01. The quantitative estimate of drug-likeness (QED) is 0.780. The average molecular weight is 289 g/mol. The van der Waals surface area contributed by atoms with Crippen molar-refractivity contribution in [3.63, 3.8) is 0 Å². The maximum absolute atomic E-state index is 6.12. The molecular weight excluding hydrogens is 268 g/mol. The lowest BCUT2D eigenvalue weighted by atomic mass is 10.1. The fourth-order valence-electron chi connectivity index (χ4n) is 2.23. The Bertz CT molecular complexity index is 546. The molecule has 2 aromatic carbocycles. The second kappa shape index (κ2) is 7.32. The average Bonchev–Trinajstić information content (AvgIpc) is 2.43. The van der Waals surface area contributed by atoms with Gasteiger partial charge in [0.05, 0.1) is 0 Å². The predicted octanol–water partition coefficient (Wildman–Crippen LogP) is 4.16. The van der Waals surface area contributed by atoms with Crippen LogP contribution in [-0.4, -0.2) is 13.1 Å². The Morgan fingerprint density at radius 3 is 2.30 bits per heavy atom. The molecule has 0 amide bonds. The number of halogens is 1. The standard InChI is InChI=1S/C17H21ClN2/c1-13-6-5-7-14(2)17(13)20-11-10-19-12-15-8-3-4-9-16(15)18/h3-9,19-20H,10-12H2,1-2H3. The summed E-state index contributed by atoms with van der Waals surface area (Å²) in [6.45, 7) is 6.86. The molecule has 0 aromatic heterocycles. The smallest absolute Gasteiger partial charge is 0.0450 e. The molecule has 106 valence electrons. The minimum absolute atomic E-state index is 0.800. The lowest BCUT2D eigenvalue weighted by Crippen LogP contribution is -2.22. The third-order valence-electron chi connectivity index (χ3n) is 3.36. The van der Waals surface area contributed by atoms with Crippen molar-refractivity contribution in [2.45, 2.75) is 20.4 Å². The minimum Gasteiger partial charge on any atom is -0.383 e. The number of hydrogen-bond donors (Lipinski definition) is 2. The molecule has 0 bridgehead atoms. The number of rotatable bonds is 6. The van der Waals surface area contributed by atoms with Gasteiger partial charge >= 0.3 is 0 Å². The zero-order valence-electron chi connectivity index (χ0n) is 12.0. The number of para-hydroxylation sites is 1. The molecule has 0 aliphatic carbocycles. The first-order valence-electron chi connectivity index (χ1n) is 6.92. The third kappa shape index (κ3) is 3.99. The van der Waals surface area contributed by atoms with Gasteiger partial charge in [0, 0.05) is 30.3 Å². The molecule has 0 fully saturated rings. The lowest BCUT2D eigenvalue weighted by molar-refractivity contribution is 0.706. The van der Waals surface area contributed by atoms with Crippen molar-refractivity contribution < 1.29 is 0 Å². The SMILES string of the molecule is Cc1cccc(C)c1NCCNCc1ccccc1Cl. The molecule has 2 N–H and O–H groups in total. The van der Waals surface area contributed by atoms with E-state index in [0.29, 0.717) is 0 Å². The molecule has 0 aliphatic heterocycles. The second-order valence-corrected chi connectivity index (χ2v) is 5.37. The van der Waals surface area contributed by atoms with Gasteiger partial charge in [0.2, 0.25) is 0 Å². The molecule has 20 heavy (non-hydrogen) atoms. The van der Waals surface area contributed by atoms with E-state index < -0.39 is 0 Å². The summed E-state index contributed by atoms with van der Waals surface area (Å²) in [4.78, 5) is 0. The maximum Gasteiger partial charge on any atom is 0.0450 e. The van der Waals surface area contributed by atoms with Crippen LogP contribution in [0.1, 0.15) is 16.7 Å². The van der Waals surface area contributed by atoms with Crippen LogP contribution in [-0.2, 0) is 6.54 Å². The molecule has 3 heteroatoms. The molecule has 0 radical (unpaired) electrons. The van der Waals surface area contributed by atoms with E-state index in [1.54, 1.807) is 0 Å². The van der Waals surface area contributed by atoms with Crippen LogP contribution in [0.4, 0.5) is 5.69 Å². The molecule has 2 nitrogen and oxygen atoms in total. The van der Waals surface area contributed by atoms with E-state index in [1.165, 1.54) is 16.8 Å². The van der Waals surface area contributed by atoms with Crippen molar-refractivity contribution in [3.8, 4) is 0 Å². The highest BCUT2D eigenvalue weighted by molar-refractivity contribution is 6.31. The summed E-state index contributed by atoms with van der Waals surface area (Å²) in [6, 6.07) is 14.3. The van der Waals surface area contributed by atoms with Gasteiger partial charge in [-0.1, -0.05) is 48.0 Å². The summed E-state index contributed by atoms with van der Waals surface area (Å²) in [5, 5.41) is 7.71. The van der Waals surface area contributed by atoms with Crippen LogP contribution in [0, 0.1) is 13.8 Å². The monoisotopic (exact) mass is 288 g/mol. The van der Waals surface area contributed by atoms with E-state index in [1.807, 2.05) is 24.3 Å². The molecule has 0 spiro atoms. The summed E-state index contributed by atoms with van der Waals surface area (Å²) in [5.74, 6) is 0. The number of nitrogens with one attached hydrogen (secondary N) is 2. The first-order valence-corrected chi connectivity index (χ1v) is 7.30. The Balaban J connectivity index is 1.76. The van der Waals surface area contributed by atoms with Crippen LogP contribution in [0.2, 0.25) is 5.02 Å². The van der Waals surface area contributed by atoms with Crippen LogP contribution in [0.15, 0.2) is 42.5 Å². The van der Waals surface area contributed by atoms with Crippen LogP contribution < -0.4 is 10.6 Å². The Labute approximate surface area is 126 Å². The number of aryl methyl sites for hydroxylation is 2. The number of hydrogen-bond acceptors (Lipinski definition) is 2. The van der Waals surface area contributed by atoms with Crippen LogP contribution in [0.25, 0.3) is 0 Å². The minimum atomic E-state index is 0.800. The topological polar surface area (TPSA) is 24.1 Å². The molecule has 0 aliphatic rings. The summed E-state index contributed by atoms with van der Waals surface area (Å²) in [6.07, 6.45) is 0. The fourth-order valence-corrected chi connectivity index (χ4v) is 2.44. The Hall–Kier alpha value is -1.51. The Kier molecular flexibility index (Phi) is 5.45. The largest absolute Gasteiger partial charge is 0.383 e. The normalized spacial score (nSPS) is 10.6. The van der Waals surface area contributed by atoms with Crippen molar-refractivity contribution in [2.75, 3.05) is 18.4 Å². The van der Waals surface area contributed by atoms with Crippen molar-refractivity contribution in [2.24, 2.45) is 0 Å². The molecule has 2 aromatic rings. The summed E-state index contributed by atoms with van der Waals surface area (Å²) >= 11 is 6.12. The molecule has 2 rings (SSSR count). The van der Waals surface area contributed by atoms with Crippen molar-refractivity contribution in [3.05, 3.63) is 64.2 Å². The van der Waals surface area contributed by atoms with Gasteiger partial charge in [-0.05, 0) is 36.6 Å². The molecular formula is C17H21ClN2. The first kappa shape index (κ1) is 14.9. The van der Waals surface area contributed by atoms with E-state index in [9.17, 15) is 0 Å². The molecule has 0 saturated heterocycles. The Morgan fingerprint density at radius 1 is 0.900 bits per heavy atom. The van der Waals surface area contributed by atoms with Gasteiger partial charge in [0.25, 0.3) is 0 Å². The molecule has 0 atom stereocenters. The van der Waals surface area contributed by atoms with E-state index in [4.69, 9.17) is 11.6 Å². The van der Waals surface area contributed by atoms with Gasteiger partial charge in [-0.15, -0.1) is 0 Å². The number of benzene rings is 2. The zero-order valence-corrected chi connectivity index (χ0v) is 12.8. The van der Waals surface area contributed by atoms with Crippen molar-refractivity contribution in [1.29, 1.82) is 0 Å². The van der Waals surface area contributed by atoms with Gasteiger partial charge in [-0.25, -0.2) is 0 Å². The van der Waals surface area contributed by atoms with E-state index in [2.05, 4.69) is 42.7 Å². The highest BCUT2D eigenvalue weighted by atomic mass is 35.5. The van der Waals surface area contributed by atoms with Crippen molar-refractivity contribution >= 4 is 17.3 Å². The summed E-state index contributed by atoms with van der Waals surface area (Å²) < 4.78 is 0. The second-order valence-electron chi connectivity index (χ2n) is 4.96. The lowest BCUT2D eigenvalue weighted by Gasteiger charge is -2.13. The van der Waals surface area contributed by atoms with Gasteiger partial charge < -0.3 is 10.6 Å². The molecule has 0 heterocycles.